The quantitative estimate of drug-likeness (QED) is 0.740. The molecule has 0 bridgehead atoms. The molecule has 0 spiro atoms. The summed E-state index contributed by atoms with van der Waals surface area (Å²) in [6, 6.07) is 1.97. The van der Waals surface area contributed by atoms with Crippen molar-refractivity contribution < 1.29 is 4.42 Å². The molecule has 1 N–H and O–H groups in total. The van der Waals surface area contributed by atoms with Gasteiger partial charge in [0.05, 0.1) is 25.5 Å². The van der Waals surface area contributed by atoms with Crippen molar-refractivity contribution in [2.24, 2.45) is 0 Å². The molecule has 5 heteroatoms. The second-order valence-corrected chi connectivity index (χ2v) is 3.37. The Balaban J connectivity index is 1.70. The van der Waals surface area contributed by atoms with E-state index in [-0.39, 0.29) is 0 Å². The van der Waals surface area contributed by atoms with Crippen LogP contribution in [0.2, 0.25) is 0 Å². The molecule has 0 fully saturated rings. The van der Waals surface area contributed by atoms with E-state index in [1.807, 2.05) is 19.2 Å². The molecule has 15 heavy (non-hydrogen) atoms. The summed E-state index contributed by atoms with van der Waals surface area (Å²) >= 11 is 0. The van der Waals surface area contributed by atoms with Crippen molar-refractivity contribution >= 4 is 0 Å². The molecule has 0 amide bonds. The summed E-state index contributed by atoms with van der Waals surface area (Å²) in [6.45, 7) is 4.47. The molecule has 0 aromatic carbocycles. The lowest BCUT2D eigenvalue weighted by Gasteiger charge is -2.03. The van der Waals surface area contributed by atoms with Crippen molar-refractivity contribution in [2.75, 3.05) is 6.54 Å². The van der Waals surface area contributed by atoms with Crippen molar-refractivity contribution in [1.29, 1.82) is 0 Å². The Bertz CT molecular complexity index is 393. The Morgan fingerprint density at radius 1 is 1.53 bits per heavy atom. The number of nitrogens with one attached hydrogen (secondary N) is 1. The zero-order valence-electron chi connectivity index (χ0n) is 8.68. The summed E-state index contributed by atoms with van der Waals surface area (Å²) in [4.78, 5) is 0. The van der Waals surface area contributed by atoms with Gasteiger partial charge in [-0.05, 0) is 18.6 Å². The molecule has 0 aliphatic carbocycles. The second kappa shape index (κ2) is 4.75. The molecule has 0 unspecified atom stereocenters. The average molecular weight is 206 g/mol. The molecule has 5 nitrogen and oxygen atoms in total. The van der Waals surface area contributed by atoms with Crippen LogP contribution in [-0.4, -0.2) is 21.5 Å². The van der Waals surface area contributed by atoms with Crippen molar-refractivity contribution in [3.8, 4) is 0 Å². The fraction of sp³-hybridized carbons (Fsp3) is 0.400. The maximum atomic E-state index is 5.30. The molecule has 0 aliphatic rings. The lowest BCUT2D eigenvalue weighted by molar-refractivity contribution is 0.465. The smallest absolute Gasteiger partial charge is 0.120 e. The van der Waals surface area contributed by atoms with Crippen LogP contribution in [0.4, 0.5) is 0 Å². The predicted octanol–water partition coefficient (Wildman–Crippen LogP) is 0.969. The Morgan fingerprint density at radius 2 is 2.47 bits per heavy atom. The first-order valence-electron chi connectivity index (χ1n) is 4.94. The van der Waals surface area contributed by atoms with E-state index < -0.39 is 0 Å². The Kier molecular flexibility index (Phi) is 3.14. The highest BCUT2D eigenvalue weighted by molar-refractivity contribution is 5.13. The first-order chi connectivity index (χ1) is 7.36. The first kappa shape index (κ1) is 9.92. The lowest BCUT2D eigenvalue weighted by atomic mass is 10.3. The van der Waals surface area contributed by atoms with Gasteiger partial charge in [-0.25, -0.2) is 0 Å². The number of aryl methyl sites for hydroxylation is 1. The van der Waals surface area contributed by atoms with E-state index in [1.54, 1.807) is 17.1 Å². The number of rotatable bonds is 5. The third-order valence-corrected chi connectivity index (χ3v) is 2.24. The van der Waals surface area contributed by atoms with Gasteiger partial charge in [-0.2, -0.15) is 0 Å². The van der Waals surface area contributed by atoms with Gasteiger partial charge in [0.1, 0.15) is 5.76 Å². The van der Waals surface area contributed by atoms with Crippen LogP contribution in [0.3, 0.4) is 0 Å². The highest BCUT2D eigenvalue weighted by atomic mass is 16.3. The molecule has 0 saturated carbocycles. The van der Waals surface area contributed by atoms with Gasteiger partial charge in [-0.3, -0.25) is 4.68 Å². The van der Waals surface area contributed by atoms with E-state index in [0.29, 0.717) is 0 Å². The van der Waals surface area contributed by atoms with Gasteiger partial charge in [-0.15, -0.1) is 5.10 Å². The second-order valence-electron chi connectivity index (χ2n) is 3.37. The molecule has 2 aromatic rings. The zero-order valence-corrected chi connectivity index (χ0v) is 8.68. The molecule has 0 radical (unpaired) electrons. The zero-order chi connectivity index (χ0) is 10.5. The van der Waals surface area contributed by atoms with Crippen LogP contribution in [0.5, 0.6) is 0 Å². The number of hydrogen-bond donors (Lipinski definition) is 1. The summed E-state index contributed by atoms with van der Waals surface area (Å²) in [7, 11) is 0. The Labute approximate surface area is 88.1 Å². The van der Waals surface area contributed by atoms with Gasteiger partial charge in [0.2, 0.25) is 0 Å². The summed E-state index contributed by atoms with van der Waals surface area (Å²) in [5, 5.41) is 10.9. The maximum absolute atomic E-state index is 5.30. The van der Waals surface area contributed by atoms with Gasteiger partial charge in [-0.1, -0.05) is 5.21 Å². The number of furan rings is 1. The molecular weight excluding hydrogens is 192 g/mol. The highest BCUT2D eigenvalue weighted by Gasteiger charge is 2.00. The number of hydrogen-bond acceptors (Lipinski definition) is 4. The molecule has 0 atom stereocenters. The Morgan fingerprint density at radius 3 is 3.13 bits per heavy atom. The van der Waals surface area contributed by atoms with Crippen LogP contribution in [0.25, 0.3) is 0 Å². The number of aromatic nitrogens is 3. The van der Waals surface area contributed by atoms with Crippen LogP contribution < -0.4 is 5.32 Å². The maximum Gasteiger partial charge on any atom is 0.120 e. The molecule has 2 aromatic heterocycles. The van der Waals surface area contributed by atoms with Gasteiger partial charge < -0.3 is 9.73 Å². The monoisotopic (exact) mass is 206 g/mol. The van der Waals surface area contributed by atoms with E-state index in [4.69, 9.17) is 4.42 Å². The third kappa shape index (κ3) is 2.66. The molecule has 80 valence electrons. The van der Waals surface area contributed by atoms with Crippen molar-refractivity contribution in [2.45, 2.75) is 20.0 Å². The van der Waals surface area contributed by atoms with Gasteiger partial charge in [0, 0.05) is 12.7 Å². The standard InChI is InChI=1S/C10H14N4O/c1-9-2-7-15-10(9)8-11-3-5-14-6-4-12-13-14/h2,4,6-7,11H,3,5,8H2,1H3. The molecular formula is C10H14N4O. The summed E-state index contributed by atoms with van der Waals surface area (Å²) in [6.07, 6.45) is 5.24. The van der Waals surface area contributed by atoms with E-state index >= 15 is 0 Å². The Hall–Kier alpha value is -1.62. The minimum atomic E-state index is 0.757. The van der Waals surface area contributed by atoms with Crippen LogP contribution in [0.1, 0.15) is 11.3 Å². The van der Waals surface area contributed by atoms with Gasteiger partial charge in [0.15, 0.2) is 0 Å². The molecule has 2 rings (SSSR count). The summed E-state index contributed by atoms with van der Waals surface area (Å²) in [5.41, 5.74) is 1.18. The summed E-state index contributed by atoms with van der Waals surface area (Å²) in [5.74, 6) is 0.994. The van der Waals surface area contributed by atoms with Crippen molar-refractivity contribution in [1.82, 2.24) is 20.3 Å². The third-order valence-electron chi connectivity index (χ3n) is 2.24. The normalized spacial score (nSPS) is 10.7. The fourth-order valence-corrected chi connectivity index (χ4v) is 1.33. The van der Waals surface area contributed by atoms with Gasteiger partial charge >= 0.3 is 0 Å². The van der Waals surface area contributed by atoms with Crippen LogP contribution in [-0.2, 0) is 13.1 Å². The SMILES string of the molecule is Cc1ccoc1CNCCn1ccnn1. The minimum absolute atomic E-state index is 0.757. The number of nitrogens with zero attached hydrogens (tertiary/aromatic N) is 3. The van der Waals surface area contributed by atoms with E-state index in [1.165, 1.54) is 5.56 Å². The average Bonchev–Trinajstić information content (AvgIpc) is 2.85. The lowest BCUT2D eigenvalue weighted by Crippen LogP contribution is -2.19. The minimum Gasteiger partial charge on any atom is -0.468 e. The van der Waals surface area contributed by atoms with Crippen LogP contribution in [0, 0.1) is 6.92 Å². The highest BCUT2D eigenvalue weighted by Crippen LogP contribution is 2.07. The van der Waals surface area contributed by atoms with E-state index in [2.05, 4.69) is 15.6 Å². The predicted molar refractivity (Wildman–Crippen MR) is 55.2 cm³/mol. The summed E-state index contributed by atoms with van der Waals surface area (Å²) < 4.78 is 7.10. The van der Waals surface area contributed by atoms with Crippen LogP contribution >= 0.6 is 0 Å². The largest absolute Gasteiger partial charge is 0.468 e. The topological polar surface area (TPSA) is 55.9 Å². The van der Waals surface area contributed by atoms with Gasteiger partial charge in [0.25, 0.3) is 0 Å². The van der Waals surface area contributed by atoms with Crippen LogP contribution in [0.15, 0.2) is 29.1 Å². The molecule has 0 aliphatic heterocycles. The molecule has 0 saturated heterocycles. The van der Waals surface area contributed by atoms with E-state index in [9.17, 15) is 0 Å². The van der Waals surface area contributed by atoms with Crippen molar-refractivity contribution in [3.63, 3.8) is 0 Å². The molecule has 2 heterocycles. The fourth-order valence-electron chi connectivity index (χ4n) is 1.33. The van der Waals surface area contributed by atoms with Crippen molar-refractivity contribution in [3.05, 3.63) is 36.0 Å². The first-order valence-corrected chi connectivity index (χ1v) is 4.94. The van der Waals surface area contributed by atoms with E-state index in [0.717, 1.165) is 25.4 Å².